The van der Waals surface area contributed by atoms with Crippen LogP contribution in [0.25, 0.3) is 76.2 Å². The average molecular weight is 893 g/mol. The third-order valence-corrected chi connectivity index (χ3v) is 18.9. The number of aromatic nitrogens is 2. The van der Waals surface area contributed by atoms with Crippen LogP contribution in [0.2, 0.25) is 0 Å². The zero-order valence-corrected chi connectivity index (χ0v) is 37.0. The largest absolute Gasteiger partial charge is 0.308 e. The fourth-order valence-electron chi connectivity index (χ4n) is 16.6. The topological polar surface area (TPSA) is 77.1 Å². The summed E-state index contributed by atoms with van der Waals surface area (Å²) in [6.07, 6.45) is 0. The third kappa shape index (κ3) is 3.24. The predicted octanol–water partition coefficient (Wildman–Crippen LogP) is 12.2. The van der Waals surface area contributed by atoms with Gasteiger partial charge in [-0.2, -0.15) is 0 Å². The SMILES string of the molecule is O=C1c2cc3c(cc2C2c4ccccc4C24c2ccccc2C14)c1c2c(=O)c4ccccc4n4c5ccccc5c(=O)c(c5c6cc7c(cc6n3c15)C(=O)C1c3ccccc3C13c1ccccc1C73)c24. The molecule has 0 aliphatic heterocycles. The van der Waals surface area contributed by atoms with Gasteiger partial charge in [-0.25, -0.2) is 0 Å². The van der Waals surface area contributed by atoms with Crippen molar-refractivity contribution in [3.63, 3.8) is 0 Å². The van der Waals surface area contributed by atoms with Gasteiger partial charge in [0.2, 0.25) is 0 Å². The number of Topliss-reactive ketones (excluding diaryl/α,β-unsaturated/α-hetero) is 2. The zero-order chi connectivity index (χ0) is 45.6. The van der Waals surface area contributed by atoms with E-state index < -0.39 is 10.8 Å². The molecule has 0 bridgehead atoms. The van der Waals surface area contributed by atoms with Gasteiger partial charge in [-0.05, 0) is 104 Å². The van der Waals surface area contributed by atoms with Gasteiger partial charge in [0.25, 0.3) is 0 Å². The van der Waals surface area contributed by atoms with E-state index in [4.69, 9.17) is 0 Å². The molecule has 13 aromatic rings. The summed E-state index contributed by atoms with van der Waals surface area (Å²) < 4.78 is 4.36. The van der Waals surface area contributed by atoms with Crippen molar-refractivity contribution in [1.29, 1.82) is 0 Å². The number of hydrogen-bond acceptors (Lipinski definition) is 4. The molecular formula is C64H32N2O4. The number of nitrogens with zero attached hydrogens (tertiary/aromatic N) is 2. The van der Waals surface area contributed by atoms with Gasteiger partial charge in [0.1, 0.15) is 0 Å². The van der Waals surface area contributed by atoms with E-state index in [0.717, 1.165) is 71.4 Å². The number of rotatable bonds is 0. The molecule has 6 aliphatic rings. The first-order valence-corrected chi connectivity index (χ1v) is 24.4. The highest BCUT2D eigenvalue weighted by molar-refractivity contribution is 6.39. The second-order valence-corrected chi connectivity index (χ2v) is 21.0. The minimum Gasteiger partial charge on any atom is -0.308 e. The van der Waals surface area contributed by atoms with E-state index >= 15 is 19.2 Å². The molecule has 4 aromatic heterocycles. The molecule has 0 saturated heterocycles. The van der Waals surface area contributed by atoms with Crippen LogP contribution in [0.1, 0.15) is 100 Å². The number of pyridine rings is 2. The summed E-state index contributed by atoms with van der Waals surface area (Å²) in [5.74, 6) is -0.573. The van der Waals surface area contributed by atoms with E-state index in [2.05, 4.69) is 118 Å². The third-order valence-electron chi connectivity index (χ3n) is 18.9. The van der Waals surface area contributed by atoms with Crippen LogP contribution < -0.4 is 10.9 Å². The lowest BCUT2D eigenvalue weighted by molar-refractivity contribution is 0.0839. The van der Waals surface area contributed by atoms with E-state index in [9.17, 15) is 0 Å². The molecule has 0 fully saturated rings. The summed E-state index contributed by atoms with van der Waals surface area (Å²) >= 11 is 0. The van der Waals surface area contributed by atoms with Crippen molar-refractivity contribution in [2.24, 2.45) is 0 Å². The maximum Gasteiger partial charge on any atom is 0.197 e. The first-order chi connectivity index (χ1) is 34.5. The summed E-state index contributed by atoms with van der Waals surface area (Å²) in [5, 5.41) is 5.38. The first-order valence-electron chi connectivity index (χ1n) is 24.4. The van der Waals surface area contributed by atoms with Gasteiger partial charge in [0.15, 0.2) is 22.4 Å². The summed E-state index contributed by atoms with van der Waals surface area (Å²) in [6, 6.07) is 58.2. The molecule has 6 heteroatoms. The molecular weight excluding hydrogens is 861 g/mol. The van der Waals surface area contributed by atoms with Crippen LogP contribution >= 0.6 is 0 Å². The highest BCUT2D eigenvalue weighted by Gasteiger charge is 2.70. The van der Waals surface area contributed by atoms with Gasteiger partial charge in [-0.1, -0.05) is 121 Å². The molecule has 6 aliphatic carbocycles. The van der Waals surface area contributed by atoms with Crippen molar-refractivity contribution in [3.05, 3.63) is 257 Å². The number of ketones is 2. The maximum absolute atomic E-state index is 15.7. The molecule has 19 rings (SSSR count). The lowest BCUT2D eigenvalue weighted by atomic mass is 9.36. The van der Waals surface area contributed by atoms with Gasteiger partial charge in [-0.15, -0.1) is 0 Å². The Kier molecular flexibility index (Phi) is 5.52. The molecule has 0 N–H and O–H groups in total. The van der Waals surface area contributed by atoms with Crippen LogP contribution in [0.3, 0.4) is 0 Å². The highest BCUT2D eigenvalue weighted by atomic mass is 16.1. The molecule has 2 spiro atoms. The van der Waals surface area contributed by atoms with Crippen molar-refractivity contribution >= 4 is 87.8 Å². The maximum atomic E-state index is 15.7. The lowest BCUT2D eigenvalue weighted by Crippen LogP contribution is -2.61. The molecule has 4 heterocycles. The summed E-state index contributed by atoms with van der Waals surface area (Å²) in [6.45, 7) is 0. The van der Waals surface area contributed by atoms with Gasteiger partial charge in [-0.3, -0.25) is 19.2 Å². The normalized spacial score (nSPS) is 23.7. The first kappa shape index (κ1) is 35.4. The zero-order valence-electron chi connectivity index (χ0n) is 37.0. The van der Waals surface area contributed by atoms with Crippen molar-refractivity contribution < 1.29 is 9.59 Å². The van der Waals surface area contributed by atoms with Crippen molar-refractivity contribution in [2.45, 2.75) is 34.5 Å². The van der Waals surface area contributed by atoms with Gasteiger partial charge in [0.05, 0.1) is 55.7 Å². The van der Waals surface area contributed by atoms with Crippen LogP contribution in [0.5, 0.6) is 0 Å². The Morgan fingerprint density at radius 3 is 1.09 bits per heavy atom. The molecule has 0 saturated carbocycles. The smallest absolute Gasteiger partial charge is 0.197 e. The number of para-hydroxylation sites is 2. The molecule has 6 unspecified atom stereocenters. The number of hydrogen-bond donors (Lipinski definition) is 0. The summed E-state index contributed by atoms with van der Waals surface area (Å²) in [7, 11) is 0. The van der Waals surface area contributed by atoms with E-state index in [1.165, 1.54) is 33.4 Å². The van der Waals surface area contributed by atoms with Crippen LogP contribution in [0.4, 0.5) is 0 Å². The second kappa shape index (κ2) is 10.9. The number of fused-ring (bicyclic) bond motifs is 24. The Hall–Kier alpha value is -8.74. The molecule has 70 heavy (non-hydrogen) atoms. The number of carbonyl (C=O) groups is 2. The van der Waals surface area contributed by atoms with E-state index in [-0.39, 0.29) is 46.1 Å². The van der Waals surface area contributed by atoms with Crippen LogP contribution in [0, 0.1) is 0 Å². The van der Waals surface area contributed by atoms with Crippen molar-refractivity contribution in [2.75, 3.05) is 0 Å². The number of carbonyl (C=O) groups excluding carboxylic acids is 2. The van der Waals surface area contributed by atoms with E-state index in [0.29, 0.717) is 38.2 Å². The molecule has 9 aromatic carbocycles. The minimum absolute atomic E-state index is 0.0650. The molecule has 322 valence electrons. The van der Waals surface area contributed by atoms with Gasteiger partial charge < -0.3 is 8.80 Å². The second-order valence-electron chi connectivity index (χ2n) is 21.0. The Morgan fingerprint density at radius 2 is 0.657 bits per heavy atom. The molecule has 0 amide bonds. The van der Waals surface area contributed by atoms with E-state index in [1.54, 1.807) is 0 Å². The number of benzene rings is 9. The molecule has 6 atom stereocenters. The van der Waals surface area contributed by atoms with Crippen LogP contribution in [-0.2, 0) is 10.8 Å². The quantitative estimate of drug-likeness (QED) is 0.112. The average Bonchev–Trinajstić information content (AvgIpc) is 3.89. The Balaban J connectivity index is 1.04. The molecule has 6 nitrogen and oxygen atoms in total. The summed E-state index contributed by atoms with van der Waals surface area (Å²) in [5.41, 5.74) is 16.0. The Morgan fingerprint density at radius 1 is 0.314 bits per heavy atom. The van der Waals surface area contributed by atoms with Gasteiger partial charge in [0, 0.05) is 66.1 Å². The predicted molar refractivity (Wildman–Crippen MR) is 273 cm³/mol. The highest BCUT2D eigenvalue weighted by Crippen LogP contribution is 2.75. The summed E-state index contributed by atoms with van der Waals surface area (Å²) in [4.78, 5) is 62.4. The van der Waals surface area contributed by atoms with Crippen molar-refractivity contribution in [1.82, 2.24) is 8.80 Å². The van der Waals surface area contributed by atoms with E-state index in [1.807, 2.05) is 60.7 Å². The Bertz CT molecular complexity index is 4680. The molecule has 0 radical (unpaired) electrons. The fraction of sp³-hybridized carbons (Fsp3) is 0.0938. The van der Waals surface area contributed by atoms with Crippen molar-refractivity contribution in [3.8, 4) is 0 Å². The standard InChI is InChI=1S/C64H32N2O4/c67-59-33-17-5-11-23-45(33)65-46-24-12-6-18-34(46)60(68)52-50-40-26-36-38(62(70)56-32-16-4-10-22-44(32)64(56)42-20-8-2-14-30(42)54(36)64)28-48(40)66-47-27-37-35(25-39(47)49(57(50)66)51(59)58(52)65)53-29-13-1-7-19-41(29)63(53)43-21-9-3-15-31(43)55(63)61(37)69/h1-28,53-56H. The minimum atomic E-state index is -0.470. The van der Waals surface area contributed by atoms with Gasteiger partial charge >= 0.3 is 0 Å². The Labute approximate surface area is 395 Å². The lowest BCUT2D eigenvalue weighted by Gasteiger charge is -2.64. The monoisotopic (exact) mass is 892 g/mol. The van der Waals surface area contributed by atoms with Crippen LogP contribution in [0.15, 0.2) is 179 Å². The fourth-order valence-corrected chi connectivity index (χ4v) is 16.6. The van der Waals surface area contributed by atoms with Crippen LogP contribution in [-0.4, -0.2) is 20.4 Å².